The zero-order valence-corrected chi connectivity index (χ0v) is 14.5. The van der Waals surface area contributed by atoms with Gasteiger partial charge in [0, 0.05) is 22.7 Å². The zero-order valence-electron chi connectivity index (χ0n) is 13.8. The Hall–Kier alpha value is -2.08. The highest BCUT2D eigenvalue weighted by Gasteiger charge is 2.36. The van der Waals surface area contributed by atoms with Crippen molar-refractivity contribution in [1.29, 1.82) is 0 Å². The molecule has 3 N–H and O–H groups in total. The van der Waals surface area contributed by atoms with Crippen molar-refractivity contribution in [2.75, 3.05) is 0 Å². The van der Waals surface area contributed by atoms with Gasteiger partial charge < -0.3 is 16.0 Å². The average molecular weight is 366 g/mol. The van der Waals surface area contributed by atoms with Gasteiger partial charge in [-0.15, -0.1) is 0 Å². The predicted octanol–water partition coefficient (Wildman–Crippen LogP) is 2.97. The van der Waals surface area contributed by atoms with Crippen molar-refractivity contribution in [3.05, 3.63) is 46.8 Å². The summed E-state index contributed by atoms with van der Waals surface area (Å²) in [6.07, 6.45) is 6.66. The summed E-state index contributed by atoms with van der Waals surface area (Å²) in [5.74, 6) is -1.28. The maximum Gasteiger partial charge on any atom is 0.318 e. The van der Waals surface area contributed by atoms with E-state index in [1.165, 1.54) is 12.1 Å². The molecule has 0 saturated heterocycles. The largest absolute Gasteiger partial charge is 0.369 e. The fourth-order valence-corrected chi connectivity index (χ4v) is 3.36. The number of halogens is 2. The van der Waals surface area contributed by atoms with Crippen LogP contribution in [0.2, 0.25) is 5.02 Å². The van der Waals surface area contributed by atoms with E-state index in [0.29, 0.717) is 23.4 Å². The summed E-state index contributed by atoms with van der Waals surface area (Å²) in [6, 6.07) is 3.90. The molecule has 5 nitrogen and oxygen atoms in total. The Morgan fingerprint density at radius 2 is 2.00 bits per heavy atom. The Bertz CT molecular complexity index is 685. The minimum atomic E-state index is -0.429. The minimum Gasteiger partial charge on any atom is -0.369 e. The van der Waals surface area contributed by atoms with Crippen LogP contribution in [0.25, 0.3) is 0 Å². The topological polar surface area (TPSA) is 75.4 Å². The van der Waals surface area contributed by atoms with Crippen LogP contribution in [0.4, 0.5) is 9.18 Å². The molecule has 3 amide bonds. The Labute approximate surface area is 151 Å². The number of hydrogen-bond acceptors (Lipinski definition) is 2. The van der Waals surface area contributed by atoms with Gasteiger partial charge in [-0.25, -0.2) is 9.18 Å². The van der Waals surface area contributed by atoms with Gasteiger partial charge in [-0.2, -0.15) is 0 Å². The maximum absolute atomic E-state index is 14.1. The molecular formula is C18H21ClFN3O2. The molecule has 1 aromatic carbocycles. The van der Waals surface area contributed by atoms with E-state index in [4.69, 9.17) is 17.3 Å². The van der Waals surface area contributed by atoms with Crippen LogP contribution in [0.1, 0.15) is 31.2 Å². The summed E-state index contributed by atoms with van der Waals surface area (Å²) in [5.41, 5.74) is 5.75. The van der Waals surface area contributed by atoms with Crippen molar-refractivity contribution in [2.45, 2.75) is 44.3 Å². The molecule has 1 fully saturated rings. The molecule has 3 rings (SSSR count). The van der Waals surface area contributed by atoms with Crippen LogP contribution >= 0.6 is 11.6 Å². The second-order valence-corrected chi connectivity index (χ2v) is 6.97. The fraction of sp³-hybridized carbons (Fsp3) is 0.444. The molecule has 7 heteroatoms. The zero-order chi connectivity index (χ0) is 18.0. The van der Waals surface area contributed by atoms with Crippen LogP contribution in [-0.4, -0.2) is 28.9 Å². The van der Waals surface area contributed by atoms with E-state index < -0.39 is 17.6 Å². The van der Waals surface area contributed by atoms with Crippen LogP contribution in [0, 0.1) is 11.7 Å². The van der Waals surface area contributed by atoms with Gasteiger partial charge >= 0.3 is 6.03 Å². The first-order chi connectivity index (χ1) is 12.0. The highest BCUT2D eigenvalue weighted by Crippen LogP contribution is 2.31. The number of carbonyl (C=O) groups is 2. The van der Waals surface area contributed by atoms with Crippen LogP contribution in [-0.2, 0) is 11.3 Å². The molecule has 2 aliphatic rings. The van der Waals surface area contributed by atoms with Crippen molar-refractivity contribution in [3.63, 3.8) is 0 Å². The van der Waals surface area contributed by atoms with Crippen molar-refractivity contribution >= 4 is 23.5 Å². The summed E-state index contributed by atoms with van der Waals surface area (Å²) < 4.78 is 14.1. The normalized spacial score (nSPS) is 22.5. The number of nitrogens with zero attached hydrogens (tertiary/aromatic N) is 1. The van der Waals surface area contributed by atoms with Crippen LogP contribution < -0.4 is 11.1 Å². The number of carbonyl (C=O) groups excluding carboxylic acids is 2. The van der Waals surface area contributed by atoms with Gasteiger partial charge in [0.25, 0.3) is 0 Å². The van der Waals surface area contributed by atoms with Crippen LogP contribution in [0.15, 0.2) is 30.4 Å². The van der Waals surface area contributed by atoms with Gasteiger partial charge in [0.1, 0.15) is 5.82 Å². The molecule has 1 saturated carbocycles. The number of benzene rings is 1. The third kappa shape index (κ3) is 4.12. The molecule has 25 heavy (non-hydrogen) atoms. The SMILES string of the molecule is NC(=O)[C@@H]1CC=CC[C@H]1NC(=O)N(Cc1c(F)cccc1Cl)C1CC1. The molecule has 0 heterocycles. The average Bonchev–Trinajstić information content (AvgIpc) is 3.39. The number of hydrogen-bond donors (Lipinski definition) is 2. The standard InChI is InChI=1S/C18H21ClFN3O2/c19-14-5-3-6-15(20)13(14)10-23(11-8-9-11)18(25)22-16-7-2-1-4-12(16)17(21)24/h1-3,5-6,11-12,16H,4,7-10H2,(H2,21,24)(H,22,25)/t12-,16-/m1/s1. The Kier molecular flexibility index (Phi) is 5.27. The molecular weight excluding hydrogens is 345 g/mol. The predicted molar refractivity (Wildman–Crippen MR) is 93.4 cm³/mol. The molecule has 0 spiro atoms. The summed E-state index contributed by atoms with van der Waals surface area (Å²) in [5, 5.41) is 3.20. The summed E-state index contributed by atoms with van der Waals surface area (Å²) >= 11 is 6.09. The molecule has 134 valence electrons. The first-order valence-electron chi connectivity index (χ1n) is 8.41. The lowest BCUT2D eigenvalue weighted by Gasteiger charge is -2.31. The highest BCUT2D eigenvalue weighted by molar-refractivity contribution is 6.31. The van der Waals surface area contributed by atoms with E-state index in [0.717, 1.165) is 12.8 Å². The van der Waals surface area contributed by atoms with Crippen molar-refractivity contribution in [2.24, 2.45) is 11.7 Å². The number of primary amides is 1. The van der Waals surface area contributed by atoms with E-state index >= 15 is 0 Å². The summed E-state index contributed by atoms with van der Waals surface area (Å²) in [6.45, 7) is 0.103. The maximum atomic E-state index is 14.1. The third-order valence-electron chi connectivity index (χ3n) is 4.75. The van der Waals surface area contributed by atoms with E-state index in [-0.39, 0.29) is 24.7 Å². The molecule has 0 radical (unpaired) electrons. The van der Waals surface area contributed by atoms with Gasteiger partial charge in [-0.3, -0.25) is 4.79 Å². The lowest BCUT2D eigenvalue weighted by Crippen LogP contribution is -2.51. The van der Waals surface area contributed by atoms with Gasteiger partial charge in [0.05, 0.1) is 12.5 Å². The minimum absolute atomic E-state index is 0.0711. The van der Waals surface area contributed by atoms with Crippen LogP contribution in [0.3, 0.4) is 0 Å². The lowest BCUT2D eigenvalue weighted by molar-refractivity contribution is -0.122. The molecule has 0 aromatic heterocycles. The molecule has 0 aliphatic heterocycles. The van der Waals surface area contributed by atoms with Crippen LogP contribution in [0.5, 0.6) is 0 Å². The quantitative estimate of drug-likeness (QED) is 0.787. The van der Waals surface area contributed by atoms with E-state index in [1.807, 2.05) is 12.2 Å². The molecule has 1 aromatic rings. The number of amides is 3. The fourth-order valence-electron chi connectivity index (χ4n) is 3.14. The third-order valence-corrected chi connectivity index (χ3v) is 5.10. The lowest BCUT2D eigenvalue weighted by atomic mass is 9.88. The van der Waals surface area contributed by atoms with Gasteiger partial charge in [0.2, 0.25) is 5.91 Å². The van der Waals surface area contributed by atoms with Gasteiger partial charge in [-0.05, 0) is 37.8 Å². The summed E-state index contributed by atoms with van der Waals surface area (Å²) in [7, 11) is 0. The molecule has 0 bridgehead atoms. The Morgan fingerprint density at radius 3 is 2.64 bits per heavy atom. The number of nitrogens with one attached hydrogen (secondary N) is 1. The van der Waals surface area contributed by atoms with Crippen molar-refractivity contribution in [3.8, 4) is 0 Å². The Morgan fingerprint density at radius 1 is 1.28 bits per heavy atom. The molecule has 0 unspecified atom stereocenters. The van der Waals surface area contributed by atoms with E-state index in [1.54, 1.807) is 11.0 Å². The smallest absolute Gasteiger partial charge is 0.318 e. The Balaban J connectivity index is 1.73. The van der Waals surface area contributed by atoms with E-state index in [9.17, 15) is 14.0 Å². The van der Waals surface area contributed by atoms with Gasteiger partial charge in [-0.1, -0.05) is 29.8 Å². The highest BCUT2D eigenvalue weighted by atomic mass is 35.5. The number of allylic oxidation sites excluding steroid dienone is 1. The monoisotopic (exact) mass is 365 g/mol. The second kappa shape index (κ2) is 7.44. The van der Waals surface area contributed by atoms with Gasteiger partial charge in [0.15, 0.2) is 0 Å². The number of rotatable bonds is 5. The second-order valence-electron chi connectivity index (χ2n) is 6.57. The van der Waals surface area contributed by atoms with Crippen molar-refractivity contribution < 1.29 is 14.0 Å². The first kappa shape index (κ1) is 17.7. The van der Waals surface area contributed by atoms with Crippen molar-refractivity contribution in [1.82, 2.24) is 10.2 Å². The van der Waals surface area contributed by atoms with E-state index in [2.05, 4.69) is 5.32 Å². The first-order valence-corrected chi connectivity index (χ1v) is 8.79. The number of nitrogens with two attached hydrogens (primary N) is 1. The summed E-state index contributed by atoms with van der Waals surface area (Å²) in [4.78, 5) is 26.0. The number of urea groups is 1. The molecule has 2 atom stereocenters. The molecule has 2 aliphatic carbocycles.